The van der Waals surface area contributed by atoms with Gasteiger partial charge in [0.2, 0.25) is 0 Å². The third-order valence-corrected chi connectivity index (χ3v) is 3.45. The molecule has 23 heavy (non-hydrogen) atoms. The highest BCUT2D eigenvalue weighted by atomic mass is 19.1. The number of hydrogen-bond donors (Lipinski definition) is 1. The molecule has 0 fully saturated rings. The van der Waals surface area contributed by atoms with E-state index in [0.29, 0.717) is 17.1 Å². The molecular weight excluding hydrogens is 304 g/mol. The molecule has 2 aromatic carbocycles. The number of amides is 1. The number of hydrogen-bond acceptors (Lipinski definition) is 3. The summed E-state index contributed by atoms with van der Waals surface area (Å²) in [7, 11) is 3.02. The van der Waals surface area contributed by atoms with E-state index in [4.69, 9.17) is 9.47 Å². The molecule has 0 heterocycles. The zero-order chi connectivity index (χ0) is 17.0. The largest absolute Gasteiger partial charge is 0.493 e. The number of halogens is 2. The Balaban J connectivity index is 2.22. The maximum atomic E-state index is 13.6. The van der Waals surface area contributed by atoms with Gasteiger partial charge in [0.25, 0.3) is 5.91 Å². The van der Waals surface area contributed by atoms with Crippen molar-refractivity contribution in [3.05, 3.63) is 59.2 Å². The predicted molar refractivity (Wildman–Crippen MR) is 81.8 cm³/mol. The van der Waals surface area contributed by atoms with Crippen LogP contribution >= 0.6 is 0 Å². The van der Waals surface area contributed by atoms with Crippen LogP contribution in [0.3, 0.4) is 0 Å². The van der Waals surface area contributed by atoms with Crippen LogP contribution in [0.4, 0.5) is 8.78 Å². The molecule has 0 aliphatic rings. The Morgan fingerprint density at radius 3 is 2.22 bits per heavy atom. The molecule has 0 saturated carbocycles. The Labute approximate surface area is 133 Å². The zero-order valence-electron chi connectivity index (χ0n) is 13.0. The summed E-state index contributed by atoms with van der Waals surface area (Å²) in [6, 6.07) is 7.95. The molecule has 0 bridgehead atoms. The van der Waals surface area contributed by atoms with Crippen molar-refractivity contribution in [1.82, 2.24) is 5.32 Å². The first-order valence-corrected chi connectivity index (χ1v) is 6.94. The number of carbonyl (C=O) groups is 1. The Bertz CT molecular complexity index is 699. The lowest BCUT2D eigenvalue weighted by molar-refractivity contribution is 0.0931. The topological polar surface area (TPSA) is 47.6 Å². The maximum Gasteiger partial charge on any atom is 0.257 e. The fourth-order valence-corrected chi connectivity index (χ4v) is 2.19. The van der Waals surface area contributed by atoms with Crippen molar-refractivity contribution < 1.29 is 23.0 Å². The molecule has 1 atom stereocenters. The Hall–Kier alpha value is -2.63. The average Bonchev–Trinajstić information content (AvgIpc) is 2.53. The first-order chi connectivity index (χ1) is 11.0. The maximum absolute atomic E-state index is 13.6. The zero-order valence-corrected chi connectivity index (χ0v) is 13.0. The standard InChI is InChI=1S/C17H17F2NO3/c1-10(11-7-8-14(22-2)15(9-11)23-3)20-17(21)16-12(18)5-4-6-13(16)19/h4-10H,1-3H3,(H,20,21)/t10-/m1/s1. The van der Waals surface area contributed by atoms with Crippen molar-refractivity contribution in [2.24, 2.45) is 0 Å². The minimum absolute atomic E-state index is 0.471. The molecule has 0 aliphatic carbocycles. The van der Waals surface area contributed by atoms with Gasteiger partial charge in [0.15, 0.2) is 11.5 Å². The van der Waals surface area contributed by atoms with Gasteiger partial charge >= 0.3 is 0 Å². The number of benzene rings is 2. The molecule has 1 N–H and O–H groups in total. The van der Waals surface area contributed by atoms with Gasteiger partial charge in [-0.3, -0.25) is 4.79 Å². The second-order valence-electron chi connectivity index (χ2n) is 4.91. The van der Waals surface area contributed by atoms with Gasteiger partial charge in [0.05, 0.1) is 20.3 Å². The fourth-order valence-electron chi connectivity index (χ4n) is 2.19. The van der Waals surface area contributed by atoms with Crippen LogP contribution in [-0.4, -0.2) is 20.1 Å². The fraction of sp³-hybridized carbons (Fsp3) is 0.235. The molecule has 1 amide bonds. The Morgan fingerprint density at radius 1 is 1.04 bits per heavy atom. The number of carbonyl (C=O) groups excluding carboxylic acids is 1. The van der Waals surface area contributed by atoms with Crippen LogP contribution in [-0.2, 0) is 0 Å². The van der Waals surface area contributed by atoms with Gasteiger partial charge < -0.3 is 14.8 Å². The first-order valence-electron chi connectivity index (χ1n) is 6.94. The van der Waals surface area contributed by atoms with Gasteiger partial charge in [-0.05, 0) is 36.8 Å². The second-order valence-corrected chi connectivity index (χ2v) is 4.91. The van der Waals surface area contributed by atoms with E-state index in [2.05, 4.69) is 5.32 Å². The van der Waals surface area contributed by atoms with Crippen molar-refractivity contribution in [1.29, 1.82) is 0 Å². The lowest BCUT2D eigenvalue weighted by atomic mass is 10.1. The van der Waals surface area contributed by atoms with E-state index in [-0.39, 0.29) is 0 Å². The third kappa shape index (κ3) is 3.59. The van der Waals surface area contributed by atoms with E-state index < -0.39 is 29.1 Å². The molecule has 6 heteroatoms. The van der Waals surface area contributed by atoms with Gasteiger partial charge in [0.1, 0.15) is 17.2 Å². The number of ether oxygens (including phenoxy) is 2. The van der Waals surface area contributed by atoms with E-state index in [1.54, 1.807) is 25.1 Å². The van der Waals surface area contributed by atoms with E-state index >= 15 is 0 Å². The van der Waals surface area contributed by atoms with Crippen LogP contribution in [0, 0.1) is 11.6 Å². The molecular formula is C17H17F2NO3. The molecule has 0 saturated heterocycles. The predicted octanol–water partition coefficient (Wildman–Crippen LogP) is 3.47. The highest BCUT2D eigenvalue weighted by Gasteiger charge is 2.19. The molecule has 0 radical (unpaired) electrons. The van der Waals surface area contributed by atoms with Crippen LogP contribution in [0.5, 0.6) is 11.5 Å². The quantitative estimate of drug-likeness (QED) is 0.917. The summed E-state index contributed by atoms with van der Waals surface area (Å²) in [5.74, 6) is -1.56. The molecule has 122 valence electrons. The van der Waals surface area contributed by atoms with Crippen LogP contribution < -0.4 is 14.8 Å². The van der Waals surface area contributed by atoms with Crippen molar-refractivity contribution in [2.75, 3.05) is 14.2 Å². The molecule has 0 spiro atoms. The van der Waals surface area contributed by atoms with Gasteiger partial charge in [-0.15, -0.1) is 0 Å². The molecule has 2 aromatic rings. The first kappa shape index (κ1) is 16.7. The summed E-state index contributed by atoms with van der Waals surface area (Å²) in [6.07, 6.45) is 0. The molecule has 0 unspecified atom stereocenters. The van der Waals surface area contributed by atoms with Crippen molar-refractivity contribution >= 4 is 5.91 Å². The number of methoxy groups -OCH3 is 2. The van der Waals surface area contributed by atoms with Gasteiger partial charge in [-0.25, -0.2) is 8.78 Å². The summed E-state index contributed by atoms with van der Waals surface area (Å²) >= 11 is 0. The summed E-state index contributed by atoms with van der Waals surface area (Å²) in [5, 5.41) is 2.57. The number of nitrogens with one attached hydrogen (secondary N) is 1. The highest BCUT2D eigenvalue weighted by molar-refractivity contribution is 5.95. The van der Waals surface area contributed by atoms with Crippen molar-refractivity contribution in [3.63, 3.8) is 0 Å². The van der Waals surface area contributed by atoms with Crippen LogP contribution in [0.1, 0.15) is 28.9 Å². The van der Waals surface area contributed by atoms with E-state index in [9.17, 15) is 13.6 Å². The lowest BCUT2D eigenvalue weighted by Gasteiger charge is -2.17. The molecule has 0 aliphatic heterocycles. The van der Waals surface area contributed by atoms with Crippen LogP contribution in [0.25, 0.3) is 0 Å². The molecule has 4 nitrogen and oxygen atoms in total. The Morgan fingerprint density at radius 2 is 1.65 bits per heavy atom. The van der Waals surface area contributed by atoms with Gasteiger partial charge in [0, 0.05) is 0 Å². The van der Waals surface area contributed by atoms with Crippen LogP contribution in [0.15, 0.2) is 36.4 Å². The smallest absolute Gasteiger partial charge is 0.257 e. The second kappa shape index (κ2) is 7.09. The normalized spacial score (nSPS) is 11.7. The minimum atomic E-state index is -0.901. The Kier molecular flexibility index (Phi) is 5.16. The monoisotopic (exact) mass is 321 g/mol. The summed E-state index contributed by atoms with van der Waals surface area (Å²) in [5.41, 5.74) is 0.118. The van der Waals surface area contributed by atoms with E-state index in [1.165, 1.54) is 20.3 Å². The van der Waals surface area contributed by atoms with Gasteiger partial charge in [-0.1, -0.05) is 12.1 Å². The average molecular weight is 321 g/mol. The van der Waals surface area contributed by atoms with Gasteiger partial charge in [-0.2, -0.15) is 0 Å². The molecule has 0 aromatic heterocycles. The summed E-state index contributed by atoms with van der Waals surface area (Å²) in [6.45, 7) is 1.71. The SMILES string of the molecule is COc1ccc([C@@H](C)NC(=O)c2c(F)cccc2F)cc1OC. The van der Waals surface area contributed by atoms with E-state index in [0.717, 1.165) is 12.1 Å². The highest BCUT2D eigenvalue weighted by Crippen LogP contribution is 2.30. The third-order valence-electron chi connectivity index (χ3n) is 3.45. The van der Waals surface area contributed by atoms with Crippen molar-refractivity contribution in [3.8, 4) is 11.5 Å². The minimum Gasteiger partial charge on any atom is -0.493 e. The van der Waals surface area contributed by atoms with Crippen molar-refractivity contribution in [2.45, 2.75) is 13.0 Å². The lowest BCUT2D eigenvalue weighted by Crippen LogP contribution is -2.28. The molecule has 2 rings (SSSR count). The summed E-state index contributed by atoms with van der Waals surface area (Å²) in [4.78, 5) is 12.1. The number of rotatable bonds is 5. The summed E-state index contributed by atoms with van der Waals surface area (Å²) < 4.78 is 37.6. The van der Waals surface area contributed by atoms with E-state index in [1.807, 2.05) is 0 Å². The van der Waals surface area contributed by atoms with Crippen LogP contribution in [0.2, 0.25) is 0 Å².